The first-order valence-electron chi connectivity index (χ1n) is 13.8. The number of H-pyrrole nitrogens is 1. The number of anilines is 2. The van der Waals surface area contributed by atoms with E-state index in [0.29, 0.717) is 11.2 Å². The number of imidazole rings is 2. The van der Waals surface area contributed by atoms with Gasteiger partial charge in [-0.25, -0.2) is 29.1 Å². The Morgan fingerprint density at radius 1 is 1.02 bits per heavy atom. The molecule has 0 radical (unpaired) electrons. The van der Waals surface area contributed by atoms with Crippen LogP contribution in [0.15, 0.2) is 23.8 Å². The first kappa shape index (κ1) is 30.3. The van der Waals surface area contributed by atoms with Gasteiger partial charge in [-0.2, -0.15) is 4.98 Å². The molecule has 6 N–H and O–H groups in total. The smallest absolute Gasteiger partial charge is 0.382 e. The van der Waals surface area contributed by atoms with E-state index in [0.717, 1.165) is 0 Å². The zero-order chi connectivity index (χ0) is 32.2. The lowest BCUT2D eigenvalue weighted by molar-refractivity contribution is -0.183. The van der Waals surface area contributed by atoms with Crippen molar-refractivity contribution in [2.24, 2.45) is 5.92 Å². The number of phosphoric ester groups is 1. The Kier molecular flexibility index (Phi) is 6.92. The van der Waals surface area contributed by atoms with E-state index in [2.05, 4.69) is 42.2 Å². The van der Waals surface area contributed by atoms with Crippen LogP contribution in [0.1, 0.15) is 19.4 Å². The van der Waals surface area contributed by atoms with Crippen LogP contribution >= 0.6 is 26.9 Å². The van der Waals surface area contributed by atoms with Crippen molar-refractivity contribution in [3.63, 3.8) is 0 Å². The second-order valence-electron chi connectivity index (χ2n) is 11.2. The molecule has 21 nitrogen and oxygen atoms in total. The van der Waals surface area contributed by atoms with E-state index in [1.807, 2.05) is 0 Å². The highest BCUT2D eigenvalue weighted by Crippen LogP contribution is 2.61. The van der Waals surface area contributed by atoms with Gasteiger partial charge in [0.15, 0.2) is 35.1 Å². The summed E-state index contributed by atoms with van der Waals surface area (Å²) in [7, 11) is -4.83. The fourth-order valence-corrected chi connectivity index (χ4v) is 8.73. The van der Waals surface area contributed by atoms with Gasteiger partial charge in [0, 0.05) is 5.92 Å². The summed E-state index contributed by atoms with van der Waals surface area (Å²) >= 11 is 4.24. The fourth-order valence-electron chi connectivity index (χ4n) is 6.19. The highest BCUT2D eigenvalue weighted by molar-refractivity contribution is 8.44. The summed E-state index contributed by atoms with van der Waals surface area (Å²) in [4.78, 5) is 46.3. The second kappa shape index (κ2) is 10.5. The van der Waals surface area contributed by atoms with E-state index in [-0.39, 0.29) is 29.5 Å². The number of aromatic amines is 1. The molecule has 8 heterocycles. The molecular formula is C22H26N10O11P2S. The molecule has 246 valence electrons. The monoisotopic (exact) mass is 700 g/mol. The Hall–Kier alpha value is -3.01. The van der Waals surface area contributed by atoms with Gasteiger partial charge in [0.05, 0.1) is 38.6 Å². The summed E-state index contributed by atoms with van der Waals surface area (Å²) in [5.41, 5.74) is 10.2. The Balaban J connectivity index is 1.14. The number of phosphoric acid groups is 1. The Morgan fingerprint density at radius 2 is 1.78 bits per heavy atom. The molecule has 4 saturated heterocycles. The van der Waals surface area contributed by atoms with Crippen LogP contribution in [0.2, 0.25) is 0 Å². The van der Waals surface area contributed by atoms with Crippen molar-refractivity contribution in [3.05, 3.63) is 29.3 Å². The van der Waals surface area contributed by atoms with Crippen molar-refractivity contribution >= 4 is 61.0 Å². The number of thiol groups is 1. The molecule has 0 aliphatic carbocycles. The summed E-state index contributed by atoms with van der Waals surface area (Å²) in [5, 5.41) is 0. The molecule has 0 saturated carbocycles. The Morgan fingerprint density at radius 3 is 2.59 bits per heavy atom. The van der Waals surface area contributed by atoms with Crippen LogP contribution in [0, 0.1) is 5.92 Å². The summed E-state index contributed by atoms with van der Waals surface area (Å²) in [5.74, 6) is -0.672. The van der Waals surface area contributed by atoms with E-state index >= 15 is 0 Å². The SMILES string of the molecule is C[C@H]1[C@H]2O[P@](=O)(S)OC[C@@]34CO[C@@H]([C@H](n5cnc6c(N)ncnc65)O3)[C@@H]4OP(=O)(O)OC[C@H]1O[C@H]2n1cnc2c(=O)[nH]c(N)nc21. The minimum Gasteiger partial charge on any atom is -0.382 e. The summed E-state index contributed by atoms with van der Waals surface area (Å²) in [6, 6.07) is 0. The van der Waals surface area contributed by atoms with Gasteiger partial charge < -0.3 is 30.6 Å². The maximum Gasteiger partial charge on any atom is 0.472 e. The summed E-state index contributed by atoms with van der Waals surface area (Å²) < 4.78 is 71.5. The molecule has 10 atom stereocenters. The van der Waals surface area contributed by atoms with Crippen molar-refractivity contribution in [1.29, 1.82) is 0 Å². The standard InChI is InChI=1S/C22H26N10O11P2S/c1-8-9-2-38-44(34,35)43-14-13-20(31-6-27-10-15(23)25-5-26-16(10)31)41-22(14,3-37-13)4-39-45(36,46)42-12(8)19(40-9)32-7-28-11-17(32)29-21(24)30-18(11)33/h5-9,12-14,19-20H,2-4H2,1H3,(H,34,35)(H,36,46)(H2,23,25,26)(H3,24,29,30,33)/t8-,9-,12-,13-,14+,19-,20-,22-,45-/m1/s1. The Bertz CT molecular complexity index is 2030. The maximum absolute atomic E-state index is 13.8. The van der Waals surface area contributed by atoms with Crippen LogP contribution in [-0.2, 0) is 41.4 Å². The number of ether oxygens (including phenoxy) is 3. The molecule has 4 aromatic heterocycles. The summed E-state index contributed by atoms with van der Waals surface area (Å²) in [6.45, 7) is -3.70. The van der Waals surface area contributed by atoms with Crippen molar-refractivity contribution < 1.29 is 46.3 Å². The van der Waals surface area contributed by atoms with Gasteiger partial charge in [0.25, 0.3) is 5.56 Å². The first-order valence-corrected chi connectivity index (χ1v) is 18.0. The molecule has 8 rings (SSSR count). The molecule has 0 spiro atoms. The number of fused-ring (bicyclic) bond motifs is 4. The highest BCUT2D eigenvalue weighted by Gasteiger charge is 2.66. The minimum absolute atomic E-state index is 0.0365. The van der Waals surface area contributed by atoms with Crippen LogP contribution in [0.3, 0.4) is 0 Å². The number of nitrogens with zero attached hydrogens (tertiary/aromatic N) is 7. The molecular weight excluding hydrogens is 674 g/mol. The third-order valence-corrected chi connectivity index (χ3v) is 11.0. The van der Waals surface area contributed by atoms with Gasteiger partial charge in [-0.05, 0) is 0 Å². The molecule has 0 amide bonds. The van der Waals surface area contributed by atoms with Crippen molar-refractivity contribution in [3.8, 4) is 0 Å². The largest absolute Gasteiger partial charge is 0.472 e. The summed E-state index contributed by atoms with van der Waals surface area (Å²) in [6.07, 6.45) is -2.40. The van der Waals surface area contributed by atoms with Gasteiger partial charge in [-0.15, -0.1) is 0 Å². The number of hydrogen-bond donors (Lipinski definition) is 5. The predicted octanol–water partition coefficient (Wildman–Crippen LogP) is 0.279. The lowest BCUT2D eigenvalue weighted by Crippen LogP contribution is -2.45. The van der Waals surface area contributed by atoms with Crippen molar-refractivity contribution in [1.82, 2.24) is 39.0 Å². The van der Waals surface area contributed by atoms with Gasteiger partial charge in [-0.3, -0.25) is 37.0 Å². The molecule has 4 bridgehead atoms. The molecule has 24 heteroatoms. The topological polar surface area (TPSA) is 278 Å². The first-order chi connectivity index (χ1) is 21.8. The third-order valence-electron chi connectivity index (χ3n) is 8.44. The normalized spacial score (nSPS) is 39.7. The highest BCUT2D eigenvalue weighted by atomic mass is 32.7. The lowest BCUT2D eigenvalue weighted by atomic mass is 10.0. The lowest BCUT2D eigenvalue weighted by Gasteiger charge is -2.32. The molecule has 0 aromatic carbocycles. The van der Waals surface area contributed by atoms with Crippen LogP contribution in [0.5, 0.6) is 0 Å². The Labute approximate surface area is 262 Å². The van der Waals surface area contributed by atoms with E-state index in [1.165, 1.54) is 28.1 Å². The van der Waals surface area contributed by atoms with Crippen molar-refractivity contribution in [2.75, 3.05) is 31.3 Å². The number of aromatic nitrogens is 8. The third kappa shape index (κ3) is 4.79. The van der Waals surface area contributed by atoms with E-state index < -0.39 is 81.8 Å². The average Bonchev–Trinajstić information content (AvgIpc) is 3.80. The van der Waals surface area contributed by atoms with Crippen LogP contribution in [0.25, 0.3) is 22.3 Å². The minimum atomic E-state index is -4.83. The van der Waals surface area contributed by atoms with E-state index in [9.17, 15) is 18.8 Å². The van der Waals surface area contributed by atoms with Crippen LogP contribution in [0.4, 0.5) is 11.8 Å². The molecule has 4 aromatic rings. The molecule has 4 aliphatic heterocycles. The number of nitrogens with one attached hydrogen (secondary N) is 1. The maximum atomic E-state index is 13.8. The fraction of sp³-hybridized carbons (Fsp3) is 0.545. The van der Waals surface area contributed by atoms with Crippen LogP contribution < -0.4 is 17.0 Å². The molecule has 46 heavy (non-hydrogen) atoms. The molecule has 4 fully saturated rings. The number of rotatable bonds is 2. The van der Waals surface area contributed by atoms with E-state index in [4.69, 9.17) is 43.8 Å². The quantitative estimate of drug-likeness (QED) is 0.139. The molecule has 4 aliphatic rings. The number of hydrogen-bond acceptors (Lipinski definition) is 17. The zero-order valence-corrected chi connectivity index (χ0v) is 26.2. The van der Waals surface area contributed by atoms with Gasteiger partial charge >= 0.3 is 14.6 Å². The second-order valence-corrected chi connectivity index (χ2v) is 15.5. The van der Waals surface area contributed by atoms with Crippen molar-refractivity contribution in [2.45, 2.75) is 49.4 Å². The molecule has 1 unspecified atom stereocenters. The predicted molar refractivity (Wildman–Crippen MR) is 156 cm³/mol. The number of nitrogen functional groups attached to an aromatic ring is 2. The van der Waals surface area contributed by atoms with E-state index in [1.54, 1.807) is 6.92 Å². The van der Waals surface area contributed by atoms with Gasteiger partial charge in [-0.1, -0.05) is 19.2 Å². The zero-order valence-electron chi connectivity index (χ0n) is 23.6. The van der Waals surface area contributed by atoms with Gasteiger partial charge in [0.1, 0.15) is 35.8 Å². The average molecular weight is 701 g/mol. The van der Waals surface area contributed by atoms with Gasteiger partial charge in [0.2, 0.25) is 5.95 Å². The van der Waals surface area contributed by atoms with Crippen LogP contribution in [-0.4, -0.2) is 93.8 Å². The number of nitrogens with two attached hydrogens (primary N) is 2.